The van der Waals surface area contributed by atoms with Crippen LogP contribution in [0.5, 0.6) is 11.5 Å². The van der Waals surface area contributed by atoms with Crippen molar-refractivity contribution in [1.82, 2.24) is 4.98 Å². The Balaban J connectivity index is 1.72. The number of benzene rings is 2. The Morgan fingerprint density at radius 1 is 1.07 bits per heavy atom. The lowest BCUT2D eigenvalue weighted by Gasteiger charge is -2.27. The monoisotopic (exact) mass is 404 g/mol. The molecule has 1 aliphatic rings. The van der Waals surface area contributed by atoms with Gasteiger partial charge in [-0.2, -0.15) is 0 Å². The Morgan fingerprint density at radius 3 is 2.47 bits per heavy atom. The fraction of sp³-hybridized carbons (Fsp3) is 0.320. The molecule has 1 heterocycles. The molecule has 156 valence electrons. The number of pyridine rings is 1. The van der Waals surface area contributed by atoms with Crippen molar-refractivity contribution in [3.05, 3.63) is 78.1 Å². The van der Waals surface area contributed by atoms with Crippen LogP contribution in [0.1, 0.15) is 49.8 Å². The van der Waals surface area contributed by atoms with Gasteiger partial charge in [-0.1, -0.05) is 12.1 Å². The first kappa shape index (κ1) is 20.2. The summed E-state index contributed by atoms with van der Waals surface area (Å²) in [5.41, 5.74) is 3.79. The number of aliphatic hydroxyl groups excluding tert-OH is 1. The smallest absolute Gasteiger partial charge is 0.127 e. The van der Waals surface area contributed by atoms with Crippen LogP contribution in [0, 0.1) is 0 Å². The highest BCUT2D eigenvalue weighted by molar-refractivity contribution is 5.66. The Bertz CT molecular complexity index is 952. The van der Waals surface area contributed by atoms with E-state index in [2.05, 4.69) is 9.88 Å². The minimum Gasteiger partial charge on any atom is -0.508 e. The second kappa shape index (κ2) is 9.18. The SMILES string of the molecule is CC(O)c1ccc(N(Cc2cccnc2)c2ccc(O)cc2)cc1OC1CCCC1. The molecule has 0 saturated heterocycles. The van der Waals surface area contributed by atoms with E-state index in [0.29, 0.717) is 6.54 Å². The minimum atomic E-state index is -0.601. The van der Waals surface area contributed by atoms with Crippen LogP contribution < -0.4 is 9.64 Å². The number of rotatable bonds is 7. The maximum absolute atomic E-state index is 10.3. The molecule has 5 nitrogen and oxygen atoms in total. The highest BCUT2D eigenvalue weighted by atomic mass is 16.5. The number of ether oxygens (including phenoxy) is 1. The molecule has 0 radical (unpaired) electrons. The van der Waals surface area contributed by atoms with Crippen LogP contribution in [-0.2, 0) is 6.54 Å². The van der Waals surface area contributed by atoms with Crippen LogP contribution in [0.15, 0.2) is 67.0 Å². The highest BCUT2D eigenvalue weighted by Gasteiger charge is 2.21. The molecule has 3 aromatic rings. The summed E-state index contributed by atoms with van der Waals surface area (Å²) in [7, 11) is 0. The van der Waals surface area contributed by atoms with E-state index in [1.165, 1.54) is 12.8 Å². The van der Waals surface area contributed by atoms with E-state index in [0.717, 1.165) is 41.1 Å². The first-order valence-electron chi connectivity index (χ1n) is 10.5. The van der Waals surface area contributed by atoms with Crippen molar-refractivity contribution in [3.63, 3.8) is 0 Å². The fourth-order valence-corrected chi connectivity index (χ4v) is 3.96. The van der Waals surface area contributed by atoms with Crippen LogP contribution >= 0.6 is 0 Å². The van der Waals surface area contributed by atoms with Crippen LogP contribution in [0.4, 0.5) is 11.4 Å². The van der Waals surface area contributed by atoms with Crippen LogP contribution in [-0.4, -0.2) is 21.3 Å². The standard InChI is InChI=1S/C25H28N2O3/c1-18(28)24-13-10-21(15-25(24)30-23-6-2-3-7-23)27(17-19-5-4-14-26-16-19)20-8-11-22(29)12-9-20/h4-5,8-16,18,23,28-29H,2-3,6-7,17H2,1H3. The van der Waals surface area contributed by atoms with Crippen LogP contribution in [0.25, 0.3) is 0 Å². The second-order valence-electron chi connectivity index (χ2n) is 7.89. The summed E-state index contributed by atoms with van der Waals surface area (Å²) in [5, 5.41) is 20.0. The summed E-state index contributed by atoms with van der Waals surface area (Å²) in [6, 6.07) is 17.1. The van der Waals surface area contributed by atoms with Crippen molar-refractivity contribution < 1.29 is 14.9 Å². The zero-order valence-corrected chi connectivity index (χ0v) is 17.2. The molecular weight excluding hydrogens is 376 g/mol. The molecule has 0 aliphatic heterocycles. The van der Waals surface area contributed by atoms with E-state index >= 15 is 0 Å². The summed E-state index contributed by atoms with van der Waals surface area (Å²) in [6.45, 7) is 2.39. The average molecular weight is 405 g/mol. The van der Waals surface area contributed by atoms with Crippen molar-refractivity contribution >= 4 is 11.4 Å². The van der Waals surface area contributed by atoms with Gasteiger partial charge >= 0.3 is 0 Å². The molecule has 0 bridgehead atoms. The van der Waals surface area contributed by atoms with Gasteiger partial charge in [-0.25, -0.2) is 0 Å². The van der Waals surface area contributed by atoms with Crippen LogP contribution in [0.3, 0.4) is 0 Å². The van der Waals surface area contributed by atoms with Gasteiger partial charge in [0.15, 0.2) is 0 Å². The Morgan fingerprint density at radius 2 is 1.80 bits per heavy atom. The number of hydrogen-bond donors (Lipinski definition) is 2. The molecule has 0 spiro atoms. The van der Waals surface area contributed by atoms with E-state index in [9.17, 15) is 10.2 Å². The van der Waals surface area contributed by atoms with Crippen molar-refractivity contribution in [1.29, 1.82) is 0 Å². The lowest BCUT2D eigenvalue weighted by Crippen LogP contribution is -2.18. The number of phenolic OH excluding ortho intramolecular Hbond substituents is 1. The van der Waals surface area contributed by atoms with Gasteiger partial charge in [0.1, 0.15) is 11.5 Å². The molecule has 1 unspecified atom stereocenters. The van der Waals surface area contributed by atoms with E-state index in [1.54, 1.807) is 25.3 Å². The molecule has 1 aromatic heterocycles. The van der Waals surface area contributed by atoms with Gasteiger partial charge in [-0.15, -0.1) is 0 Å². The third-order valence-electron chi connectivity index (χ3n) is 5.58. The molecule has 4 rings (SSSR count). The van der Waals surface area contributed by atoms with E-state index in [1.807, 2.05) is 48.7 Å². The number of aliphatic hydroxyl groups is 1. The Labute approximate surface area is 177 Å². The molecule has 2 aromatic carbocycles. The topological polar surface area (TPSA) is 65.8 Å². The summed E-state index contributed by atoms with van der Waals surface area (Å²) in [5.74, 6) is 0.971. The third kappa shape index (κ3) is 4.74. The predicted octanol–water partition coefficient (Wildman–Crippen LogP) is 5.50. The number of aromatic hydroxyl groups is 1. The second-order valence-corrected chi connectivity index (χ2v) is 7.89. The number of phenols is 1. The van der Waals surface area contributed by atoms with Gasteiger partial charge in [0, 0.05) is 41.9 Å². The molecule has 30 heavy (non-hydrogen) atoms. The molecule has 2 N–H and O–H groups in total. The molecular formula is C25H28N2O3. The van der Waals surface area contributed by atoms with E-state index in [4.69, 9.17) is 4.74 Å². The summed E-state index contributed by atoms with van der Waals surface area (Å²) in [6.07, 6.45) is 7.72. The first-order valence-corrected chi connectivity index (χ1v) is 10.5. The molecule has 5 heteroatoms. The maximum atomic E-state index is 10.3. The van der Waals surface area contributed by atoms with Crippen molar-refractivity contribution in [2.45, 2.75) is 51.4 Å². The van der Waals surface area contributed by atoms with Crippen molar-refractivity contribution in [2.75, 3.05) is 4.90 Å². The molecule has 1 fully saturated rings. The average Bonchev–Trinajstić information content (AvgIpc) is 3.26. The van der Waals surface area contributed by atoms with Crippen LogP contribution in [0.2, 0.25) is 0 Å². The summed E-state index contributed by atoms with van der Waals surface area (Å²) >= 11 is 0. The van der Waals surface area contributed by atoms with Gasteiger partial charge in [-0.3, -0.25) is 4.98 Å². The molecule has 1 atom stereocenters. The number of anilines is 2. The van der Waals surface area contributed by atoms with Gasteiger partial charge in [-0.05, 0) is 74.6 Å². The minimum absolute atomic E-state index is 0.207. The normalized spacial score (nSPS) is 15.1. The van der Waals surface area contributed by atoms with Gasteiger partial charge in [0.05, 0.1) is 12.2 Å². The van der Waals surface area contributed by atoms with Crippen molar-refractivity contribution in [3.8, 4) is 11.5 Å². The van der Waals surface area contributed by atoms with E-state index < -0.39 is 6.10 Å². The number of aromatic nitrogens is 1. The molecule has 1 aliphatic carbocycles. The molecule has 0 amide bonds. The summed E-state index contributed by atoms with van der Waals surface area (Å²) < 4.78 is 6.32. The van der Waals surface area contributed by atoms with E-state index in [-0.39, 0.29) is 11.9 Å². The highest BCUT2D eigenvalue weighted by Crippen LogP contribution is 2.36. The predicted molar refractivity (Wildman–Crippen MR) is 118 cm³/mol. The zero-order chi connectivity index (χ0) is 20.9. The van der Waals surface area contributed by atoms with Crippen molar-refractivity contribution in [2.24, 2.45) is 0 Å². The first-order chi connectivity index (χ1) is 14.6. The number of hydrogen-bond acceptors (Lipinski definition) is 5. The van der Waals surface area contributed by atoms with Gasteiger partial charge < -0.3 is 19.8 Å². The van der Waals surface area contributed by atoms with Gasteiger partial charge in [0.2, 0.25) is 0 Å². The molecule has 1 saturated carbocycles. The Kier molecular flexibility index (Phi) is 6.19. The maximum Gasteiger partial charge on any atom is 0.127 e. The lowest BCUT2D eigenvalue weighted by atomic mass is 10.1. The fourth-order valence-electron chi connectivity index (χ4n) is 3.96. The number of nitrogens with zero attached hydrogens (tertiary/aromatic N) is 2. The zero-order valence-electron chi connectivity index (χ0n) is 17.2. The Hall–Kier alpha value is -3.05. The third-order valence-corrected chi connectivity index (χ3v) is 5.58. The quantitative estimate of drug-likeness (QED) is 0.544. The lowest BCUT2D eigenvalue weighted by molar-refractivity contribution is 0.174. The largest absolute Gasteiger partial charge is 0.508 e. The van der Waals surface area contributed by atoms with Gasteiger partial charge in [0.25, 0.3) is 0 Å². The summed E-state index contributed by atoms with van der Waals surface area (Å²) in [4.78, 5) is 6.39.